The summed E-state index contributed by atoms with van der Waals surface area (Å²) < 4.78 is 9.62. The van der Waals surface area contributed by atoms with Crippen molar-refractivity contribution in [3.8, 4) is 67.3 Å². The molecule has 0 aliphatic heterocycles. The molecule has 0 unspecified atom stereocenters. The third-order valence-corrected chi connectivity index (χ3v) is 25.7. The molecule has 0 N–H and O–H groups in total. The lowest BCUT2D eigenvalue weighted by molar-refractivity contribution is 1.18. The first-order valence-electron chi connectivity index (χ1n) is 41.5. The summed E-state index contributed by atoms with van der Waals surface area (Å²) in [6.45, 7) is 0. The maximum absolute atomic E-state index is 2.44. The van der Waals surface area contributed by atoms with E-state index in [-0.39, 0.29) is 0 Å². The van der Waals surface area contributed by atoms with E-state index in [0.29, 0.717) is 0 Å². The Morgan fingerprint density at radius 3 is 0.792 bits per heavy atom. The minimum Gasteiger partial charge on any atom is -0.309 e. The van der Waals surface area contributed by atoms with Crippen LogP contribution in [0.1, 0.15) is 0 Å². The fraction of sp³-hybridized carbons (Fsp3) is 0. The topological polar surface area (TPSA) is 19.7 Å². The minimum atomic E-state index is 1.16. The number of benzene rings is 22. The van der Waals surface area contributed by atoms with Crippen molar-refractivity contribution in [1.82, 2.24) is 18.3 Å². The van der Waals surface area contributed by atoms with E-state index in [1.54, 1.807) is 0 Å². The average molecular weight is 1520 g/mol. The van der Waals surface area contributed by atoms with Crippen LogP contribution in [0.2, 0.25) is 0 Å². The Bertz CT molecular complexity index is 8790. The predicted molar refractivity (Wildman–Crippen MR) is 512 cm³/mol. The van der Waals surface area contributed by atoms with Crippen molar-refractivity contribution in [3.63, 3.8) is 0 Å². The highest BCUT2D eigenvalue weighted by Crippen LogP contribution is 2.46. The third kappa shape index (κ3) is 10.6. The quantitative estimate of drug-likeness (QED) is 0.135. The summed E-state index contributed by atoms with van der Waals surface area (Å²) in [5.41, 5.74) is 24.2. The highest BCUT2D eigenvalue weighted by Gasteiger charge is 2.22. The van der Waals surface area contributed by atoms with E-state index < -0.39 is 0 Å². The second-order valence-corrected chi connectivity index (χ2v) is 32.2. The molecule has 0 radical (unpaired) electrons. The normalized spacial score (nSPS) is 12.0. The van der Waals surface area contributed by atoms with Gasteiger partial charge in [-0.15, -0.1) is 0 Å². The standard InChI is InChI=1S/2C58H36N2/c1-2-13-44(14-3-1)59-54-20-10-8-17-48(54)52-34-40(27-30-56(52)59)41-28-31-57-53(35-41)49-18-9-11-21-55(49)60(57)45-29-26-38-32-42(24-23-39(38)33-45)51-36-43-25-22-37-12-4-5-15-46(37)58(43)50-19-7-6-16-47(50)51;1-2-13-44(14-3-1)59-54-20-10-8-17-48(54)52-34-39(27-30-56(52)59)40-28-31-57-53(35-40)49-18-9-11-21-55(49)60(57)45-29-26-37-22-24-41(32-43(37)33-45)51-36-42-25-23-38-12-4-5-15-46(38)58(42)50-19-7-6-16-47(50)51/h2*1-36H. The number of aromatic nitrogens is 4. The zero-order chi connectivity index (χ0) is 78.6. The first-order chi connectivity index (χ1) is 59.5. The van der Waals surface area contributed by atoms with Crippen molar-refractivity contribution < 1.29 is 0 Å². The second-order valence-electron chi connectivity index (χ2n) is 32.2. The van der Waals surface area contributed by atoms with E-state index in [9.17, 15) is 0 Å². The summed E-state index contributed by atoms with van der Waals surface area (Å²) in [7, 11) is 0. The first kappa shape index (κ1) is 67.5. The van der Waals surface area contributed by atoms with Gasteiger partial charge in [0.15, 0.2) is 0 Å². The molecule has 0 fully saturated rings. The Morgan fingerprint density at radius 2 is 0.383 bits per heavy atom. The van der Waals surface area contributed by atoms with Crippen LogP contribution < -0.4 is 0 Å². The van der Waals surface area contributed by atoms with Crippen molar-refractivity contribution in [3.05, 3.63) is 437 Å². The zero-order valence-electron chi connectivity index (χ0n) is 65.4. The van der Waals surface area contributed by atoms with E-state index in [0.717, 1.165) is 11.4 Å². The maximum Gasteiger partial charge on any atom is 0.0541 e. The summed E-state index contributed by atoms with van der Waals surface area (Å²) in [6.07, 6.45) is 0. The molecule has 0 saturated carbocycles. The van der Waals surface area contributed by atoms with Crippen LogP contribution in [0.3, 0.4) is 0 Å². The largest absolute Gasteiger partial charge is 0.309 e. The van der Waals surface area contributed by atoms with Crippen LogP contribution in [0.5, 0.6) is 0 Å². The molecule has 4 heterocycles. The highest BCUT2D eigenvalue weighted by molar-refractivity contribution is 6.26. The number of nitrogens with zero attached hydrogens (tertiary/aromatic N) is 4. The van der Waals surface area contributed by atoms with Gasteiger partial charge in [0.1, 0.15) is 0 Å². The van der Waals surface area contributed by atoms with Gasteiger partial charge in [0.2, 0.25) is 0 Å². The van der Waals surface area contributed by atoms with Crippen LogP contribution in [-0.4, -0.2) is 18.3 Å². The number of rotatable bonds is 8. The minimum absolute atomic E-state index is 1.16. The molecule has 0 atom stereocenters. The van der Waals surface area contributed by atoms with Crippen molar-refractivity contribution >= 4 is 173 Å². The van der Waals surface area contributed by atoms with Crippen LogP contribution in [0.25, 0.3) is 241 Å². The molecule has 0 bridgehead atoms. The van der Waals surface area contributed by atoms with Gasteiger partial charge in [-0.2, -0.15) is 0 Å². The van der Waals surface area contributed by atoms with Gasteiger partial charge in [-0.05, 0) is 276 Å². The Balaban J connectivity index is 0.000000133. The molecule has 4 aromatic heterocycles. The fourth-order valence-corrected chi connectivity index (χ4v) is 20.2. The zero-order valence-corrected chi connectivity index (χ0v) is 65.4. The van der Waals surface area contributed by atoms with Gasteiger partial charge in [0.25, 0.3) is 0 Å². The first-order valence-corrected chi connectivity index (χ1v) is 41.5. The van der Waals surface area contributed by atoms with E-state index in [2.05, 4.69) is 455 Å². The Morgan fingerprint density at radius 1 is 0.117 bits per heavy atom. The van der Waals surface area contributed by atoms with Gasteiger partial charge < -0.3 is 18.3 Å². The summed E-state index contributed by atoms with van der Waals surface area (Å²) in [4.78, 5) is 0. The van der Waals surface area contributed by atoms with Crippen LogP contribution in [-0.2, 0) is 0 Å². The Labute approximate surface area is 691 Å². The Kier molecular flexibility index (Phi) is 15.1. The number of hydrogen-bond acceptors (Lipinski definition) is 0. The Hall–Kier alpha value is -15.9. The molecule has 4 heteroatoms. The summed E-state index contributed by atoms with van der Waals surface area (Å²) in [6, 6.07) is 161. The lowest BCUT2D eigenvalue weighted by atomic mass is 9.90. The van der Waals surface area contributed by atoms with Gasteiger partial charge in [0.05, 0.1) is 44.1 Å². The smallest absolute Gasteiger partial charge is 0.0541 e. The molecule has 0 aliphatic carbocycles. The van der Waals surface area contributed by atoms with Crippen LogP contribution in [0.15, 0.2) is 437 Å². The average Bonchev–Trinajstić information content (AvgIpc) is 1.19. The predicted octanol–water partition coefficient (Wildman–Crippen LogP) is 31.7. The summed E-state index contributed by atoms with van der Waals surface area (Å²) in [5.74, 6) is 0. The van der Waals surface area contributed by atoms with E-state index in [1.807, 2.05) is 0 Å². The van der Waals surface area contributed by atoms with Gasteiger partial charge in [0, 0.05) is 65.8 Å². The lowest BCUT2D eigenvalue weighted by Gasteiger charge is -2.14. The molecule has 120 heavy (non-hydrogen) atoms. The van der Waals surface area contributed by atoms with E-state index in [1.165, 1.54) is 229 Å². The van der Waals surface area contributed by atoms with Gasteiger partial charge >= 0.3 is 0 Å². The van der Waals surface area contributed by atoms with Crippen molar-refractivity contribution in [2.24, 2.45) is 0 Å². The number of para-hydroxylation sites is 6. The number of fused-ring (bicyclic) bond motifs is 24. The molecular weight excluding hydrogens is 1450 g/mol. The van der Waals surface area contributed by atoms with E-state index >= 15 is 0 Å². The molecule has 0 aliphatic rings. The molecule has 26 rings (SSSR count). The van der Waals surface area contributed by atoms with Crippen LogP contribution >= 0.6 is 0 Å². The fourth-order valence-electron chi connectivity index (χ4n) is 20.2. The van der Waals surface area contributed by atoms with Gasteiger partial charge in [-0.25, -0.2) is 0 Å². The molecule has 0 spiro atoms. The summed E-state index contributed by atoms with van der Waals surface area (Å²) >= 11 is 0. The summed E-state index contributed by atoms with van der Waals surface area (Å²) in [5, 5.41) is 30.4. The molecule has 22 aromatic carbocycles. The van der Waals surface area contributed by atoms with Crippen molar-refractivity contribution in [1.29, 1.82) is 0 Å². The third-order valence-electron chi connectivity index (χ3n) is 25.7. The molecule has 556 valence electrons. The SMILES string of the molecule is c1ccc(-n2c3ccccc3c3cc(-c4ccc5c(c4)c4ccccc4n5-c4ccc5cc(-c6cc7ccc8ccccc8c7c7ccccc67)ccc5c4)ccc32)cc1.c1ccc(-n2c3ccccc3c3cc(-c4ccc5c(c4)c4ccccc4n5-c4ccc5ccc(-c6cc7ccc8ccccc8c7c7ccccc67)cc5c4)ccc32)cc1. The molecular formula is C116H72N4. The maximum atomic E-state index is 2.44. The second kappa shape index (κ2) is 26.9. The van der Waals surface area contributed by atoms with Gasteiger partial charge in [-0.1, -0.05) is 291 Å². The lowest BCUT2D eigenvalue weighted by Crippen LogP contribution is -1.94. The number of hydrogen-bond donors (Lipinski definition) is 0. The molecule has 0 saturated heterocycles. The monoisotopic (exact) mass is 1520 g/mol. The van der Waals surface area contributed by atoms with Crippen LogP contribution in [0.4, 0.5) is 0 Å². The molecule has 26 aromatic rings. The van der Waals surface area contributed by atoms with Crippen molar-refractivity contribution in [2.75, 3.05) is 0 Å². The van der Waals surface area contributed by atoms with Crippen LogP contribution in [0, 0.1) is 0 Å². The van der Waals surface area contributed by atoms with Crippen molar-refractivity contribution in [2.45, 2.75) is 0 Å². The molecule has 4 nitrogen and oxygen atoms in total. The van der Waals surface area contributed by atoms with Gasteiger partial charge in [-0.3, -0.25) is 0 Å². The van der Waals surface area contributed by atoms with E-state index in [4.69, 9.17) is 0 Å². The highest BCUT2D eigenvalue weighted by atomic mass is 15.0. The molecule has 0 amide bonds.